The topological polar surface area (TPSA) is 43.0 Å². The van der Waals surface area contributed by atoms with Gasteiger partial charge in [0.05, 0.1) is 0 Å². The molecule has 0 spiro atoms. The zero-order valence-corrected chi connectivity index (χ0v) is 16.0. The molecule has 0 amide bonds. The first kappa shape index (κ1) is 17.4. The Bertz CT molecular complexity index is 880. The van der Waals surface area contributed by atoms with Gasteiger partial charge in [-0.05, 0) is 30.2 Å². The zero-order chi connectivity index (χ0) is 18.8. The maximum atomic E-state index is 6.00. The van der Waals surface area contributed by atoms with E-state index in [0.29, 0.717) is 25.7 Å². The maximum Gasteiger partial charge on any atom is 0.203 e. The van der Waals surface area contributed by atoms with Crippen LogP contribution in [0, 0.1) is 0 Å². The van der Waals surface area contributed by atoms with E-state index in [1.54, 1.807) is 5.57 Å². The molecule has 0 fully saturated rings. The van der Waals surface area contributed by atoms with Crippen LogP contribution in [-0.2, 0) is 0 Å². The Morgan fingerprint density at radius 3 is 2.93 bits per heavy atom. The van der Waals surface area contributed by atoms with Gasteiger partial charge in [0.1, 0.15) is 19.8 Å². The van der Waals surface area contributed by atoms with E-state index >= 15 is 0 Å². The number of rotatable bonds is 5. The van der Waals surface area contributed by atoms with Crippen molar-refractivity contribution in [3.05, 3.63) is 59.7 Å². The predicted octanol–water partition coefficient (Wildman–Crippen LogP) is 3.68. The van der Waals surface area contributed by atoms with Gasteiger partial charge in [-0.15, -0.1) is 0 Å². The molecular weight excluding hydrogens is 352 g/mol. The Hall–Kier alpha value is -2.66. The van der Waals surface area contributed by atoms with Crippen LogP contribution in [0.3, 0.4) is 0 Å². The molecule has 3 aliphatic rings. The standard InChI is InChI=1S/C23H26N2O3/c1-2-5-20-18(4-1)19(16-24-20)17-8-10-25(11-9-17)12-13-26-21-6-3-7-22-23(21)28-15-14-27-22/h1-8,19,24H,9-16H2. The second-order valence-electron chi connectivity index (χ2n) is 7.48. The van der Waals surface area contributed by atoms with Crippen LogP contribution in [0.2, 0.25) is 0 Å². The van der Waals surface area contributed by atoms with Crippen LogP contribution in [-0.4, -0.2) is 50.9 Å². The largest absolute Gasteiger partial charge is 0.488 e. The van der Waals surface area contributed by atoms with Gasteiger partial charge in [0.2, 0.25) is 5.75 Å². The van der Waals surface area contributed by atoms with Gasteiger partial charge in [-0.2, -0.15) is 0 Å². The van der Waals surface area contributed by atoms with E-state index in [4.69, 9.17) is 14.2 Å². The highest BCUT2D eigenvalue weighted by Gasteiger charge is 2.26. The Morgan fingerprint density at radius 2 is 2.00 bits per heavy atom. The van der Waals surface area contributed by atoms with E-state index in [1.807, 2.05) is 18.2 Å². The van der Waals surface area contributed by atoms with Crippen molar-refractivity contribution in [2.45, 2.75) is 12.3 Å². The van der Waals surface area contributed by atoms with Crippen molar-refractivity contribution >= 4 is 5.69 Å². The summed E-state index contributed by atoms with van der Waals surface area (Å²) in [6.45, 7) is 5.83. The monoisotopic (exact) mass is 378 g/mol. The summed E-state index contributed by atoms with van der Waals surface area (Å²) in [5.41, 5.74) is 4.31. The molecule has 3 heterocycles. The molecule has 1 atom stereocenters. The number of benzene rings is 2. The highest BCUT2D eigenvalue weighted by molar-refractivity contribution is 5.60. The summed E-state index contributed by atoms with van der Waals surface area (Å²) in [6, 6.07) is 14.5. The molecule has 0 saturated heterocycles. The predicted molar refractivity (Wildman–Crippen MR) is 110 cm³/mol. The number of nitrogens with one attached hydrogen (secondary N) is 1. The van der Waals surface area contributed by atoms with Crippen molar-refractivity contribution in [1.82, 2.24) is 4.90 Å². The SMILES string of the molecule is C1=C(C2CNc3ccccc32)CCN(CCOc2cccc3c2OCCO3)C1. The van der Waals surface area contributed by atoms with Gasteiger partial charge < -0.3 is 19.5 Å². The smallest absolute Gasteiger partial charge is 0.203 e. The fraction of sp³-hybridized carbons (Fsp3) is 0.391. The fourth-order valence-corrected chi connectivity index (χ4v) is 4.31. The van der Waals surface area contributed by atoms with Gasteiger partial charge in [-0.3, -0.25) is 4.90 Å². The van der Waals surface area contributed by atoms with Gasteiger partial charge in [-0.25, -0.2) is 0 Å². The second kappa shape index (κ2) is 7.76. The Labute approximate surface area is 165 Å². The normalized spacial score (nSPS) is 20.9. The van der Waals surface area contributed by atoms with Crippen molar-refractivity contribution < 1.29 is 14.2 Å². The van der Waals surface area contributed by atoms with E-state index in [9.17, 15) is 0 Å². The van der Waals surface area contributed by atoms with Crippen molar-refractivity contribution in [3.8, 4) is 17.2 Å². The van der Waals surface area contributed by atoms with Crippen molar-refractivity contribution in [2.24, 2.45) is 0 Å². The molecule has 28 heavy (non-hydrogen) atoms. The summed E-state index contributed by atoms with van der Waals surface area (Å²) in [7, 11) is 0. The lowest BCUT2D eigenvalue weighted by atomic mass is 9.89. The Balaban J connectivity index is 1.15. The quantitative estimate of drug-likeness (QED) is 0.804. The number of nitrogens with zero attached hydrogens (tertiary/aromatic N) is 1. The van der Waals surface area contributed by atoms with Crippen LogP contribution in [0.25, 0.3) is 0 Å². The average Bonchev–Trinajstić information content (AvgIpc) is 3.19. The Kier molecular flexibility index (Phi) is 4.83. The summed E-state index contributed by atoms with van der Waals surface area (Å²) in [5.74, 6) is 2.82. The lowest BCUT2D eigenvalue weighted by Gasteiger charge is -2.29. The molecule has 1 N–H and O–H groups in total. The lowest BCUT2D eigenvalue weighted by Crippen LogP contribution is -2.33. The summed E-state index contributed by atoms with van der Waals surface area (Å²) >= 11 is 0. The molecule has 1 unspecified atom stereocenters. The molecule has 5 heteroatoms. The molecule has 0 aromatic heterocycles. The minimum atomic E-state index is 0.530. The number of hydrogen-bond acceptors (Lipinski definition) is 5. The van der Waals surface area contributed by atoms with Crippen LogP contribution < -0.4 is 19.5 Å². The van der Waals surface area contributed by atoms with Crippen LogP contribution in [0.5, 0.6) is 17.2 Å². The molecule has 5 rings (SSSR count). The summed E-state index contributed by atoms with van der Waals surface area (Å²) in [4.78, 5) is 2.45. The average molecular weight is 378 g/mol. The van der Waals surface area contributed by atoms with E-state index in [-0.39, 0.29) is 0 Å². The number of fused-ring (bicyclic) bond motifs is 2. The van der Waals surface area contributed by atoms with E-state index < -0.39 is 0 Å². The first-order valence-electron chi connectivity index (χ1n) is 10.1. The van der Waals surface area contributed by atoms with E-state index in [1.165, 1.54) is 11.3 Å². The molecule has 3 aliphatic heterocycles. The highest BCUT2D eigenvalue weighted by Crippen LogP contribution is 2.39. The van der Waals surface area contributed by atoms with Crippen molar-refractivity contribution in [2.75, 3.05) is 51.3 Å². The molecule has 2 aromatic rings. The molecule has 2 aromatic carbocycles. The maximum absolute atomic E-state index is 6.00. The molecule has 5 nitrogen and oxygen atoms in total. The molecule has 0 bridgehead atoms. The van der Waals surface area contributed by atoms with Crippen LogP contribution in [0.4, 0.5) is 5.69 Å². The van der Waals surface area contributed by atoms with Crippen molar-refractivity contribution in [3.63, 3.8) is 0 Å². The lowest BCUT2D eigenvalue weighted by molar-refractivity contribution is 0.157. The third-order valence-corrected chi connectivity index (χ3v) is 5.80. The van der Waals surface area contributed by atoms with Crippen LogP contribution in [0.1, 0.15) is 17.9 Å². The summed E-state index contributed by atoms with van der Waals surface area (Å²) in [5, 5.41) is 3.54. The van der Waals surface area contributed by atoms with Gasteiger partial charge in [0.25, 0.3) is 0 Å². The third-order valence-electron chi connectivity index (χ3n) is 5.80. The number of anilines is 1. The van der Waals surface area contributed by atoms with Gasteiger partial charge in [0, 0.05) is 37.8 Å². The molecule has 0 radical (unpaired) electrons. The molecular formula is C23H26N2O3. The van der Waals surface area contributed by atoms with Crippen molar-refractivity contribution in [1.29, 1.82) is 0 Å². The zero-order valence-electron chi connectivity index (χ0n) is 16.0. The number of para-hydroxylation sites is 2. The number of hydrogen-bond donors (Lipinski definition) is 1. The van der Waals surface area contributed by atoms with Gasteiger partial charge in [0.15, 0.2) is 11.5 Å². The van der Waals surface area contributed by atoms with Gasteiger partial charge >= 0.3 is 0 Å². The third kappa shape index (κ3) is 3.42. The fourth-order valence-electron chi connectivity index (χ4n) is 4.31. The second-order valence-corrected chi connectivity index (χ2v) is 7.48. The molecule has 0 saturated carbocycles. The highest BCUT2D eigenvalue weighted by atomic mass is 16.6. The first-order valence-corrected chi connectivity index (χ1v) is 10.1. The van der Waals surface area contributed by atoms with E-state index in [2.05, 4.69) is 40.6 Å². The first-order chi connectivity index (χ1) is 13.9. The summed E-state index contributed by atoms with van der Waals surface area (Å²) in [6.07, 6.45) is 3.54. The Morgan fingerprint density at radius 1 is 1.07 bits per heavy atom. The van der Waals surface area contributed by atoms with E-state index in [0.717, 1.165) is 49.8 Å². The molecule has 0 aliphatic carbocycles. The van der Waals surface area contributed by atoms with Gasteiger partial charge in [-0.1, -0.05) is 35.9 Å². The molecule has 146 valence electrons. The summed E-state index contributed by atoms with van der Waals surface area (Å²) < 4.78 is 17.3. The minimum Gasteiger partial charge on any atom is -0.488 e. The van der Waals surface area contributed by atoms with Crippen LogP contribution in [0.15, 0.2) is 54.1 Å². The van der Waals surface area contributed by atoms with Crippen LogP contribution >= 0.6 is 0 Å². The number of ether oxygens (including phenoxy) is 3. The minimum absolute atomic E-state index is 0.530.